The van der Waals surface area contributed by atoms with Gasteiger partial charge < -0.3 is 0 Å². The van der Waals surface area contributed by atoms with Crippen LogP contribution in [0.3, 0.4) is 0 Å². The zero-order valence-electron chi connectivity index (χ0n) is 26.6. The van der Waals surface area contributed by atoms with Gasteiger partial charge in [0.25, 0.3) is 0 Å². The Morgan fingerprint density at radius 2 is 0.898 bits per heavy atom. The normalized spacial score (nSPS) is 11.7. The van der Waals surface area contributed by atoms with Crippen molar-refractivity contribution in [3.8, 4) is 39.6 Å². The lowest BCUT2D eigenvalue weighted by molar-refractivity contribution is 1.05. The van der Waals surface area contributed by atoms with Crippen molar-refractivity contribution < 1.29 is 0 Å². The van der Waals surface area contributed by atoms with Crippen LogP contribution in [0.4, 0.5) is 0 Å². The van der Waals surface area contributed by atoms with Gasteiger partial charge in [0, 0.05) is 33.4 Å². The van der Waals surface area contributed by atoms with Crippen LogP contribution in [-0.2, 0) is 0 Å². The largest absolute Gasteiger partial charge is 0.294 e. The number of benzene rings is 8. The first-order valence-corrected chi connectivity index (χ1v) is 16.7. The van der Waals surface area contributed by atoms with E-state index in [-0.39, 0.29) is 0 Å². The first-order chi connectivity index (χ1) is 24.3. The lowest BCUT2D eigenvalue weighted by Gasteiger charge is -2.20. The maximum absolute atomic E-state index is 5.43. The molecule has 0 radical (unpaired) electrons. The number of rotatable bonds is 4. The minimum absolute atomic E-state index is 0.694. The van der Waals surface area contributed by atoms with Crippen molar-refractivity contribution >= 4 is 54.1 Å². The molecule has 10 aromatic rings. The molecule has 0 aliphatic carbocycles. The summed E-state index contributed by atoms with van der Waals surface area (Å²) >= 11 is 0. The van der Waals surface area contributed by atoms with E-state index in [1.165, 1.54) is 48.8 Å². The van der Waals surface area contributed by atoms with E-state index >= 15 is 0 Å². The Morgan fingerprint density at radius 1 is 0.367 bits per heavy atom. The second kappa shape index (κ2) is 11.0. The molecule has 0 atom stereocenters. The average Bonchev–Trinajstić information content (AvgIpc) is 3.52. The van der Waals surface area contributed by atoms with Crippen molar-refractivity contribution in [3.05, 3.63) is 176 Å². The van der Waals surface area contributed by atoms with E-state index in [0.29, 0.717) is 5.82 Å². The number of nitrogens with zero attached hydrogens (tertiary/aromatic N) is 3. The van der Waals surface area contributed by atoms with Gasteiger partial charge in [-0.1, -0.05) is 158 Å². The van der Waals surface area contributed by atoms with E-state index in [9.17, 15) is 0 Å². The zero-order valence-corrected chi connectivity index (χ0v) is 26.6. The van der Waals surface area contributed by atoms with E-state index in [0.717, 1.165) is 39.1 Å². The fraction of sp³-hybridized carbons (Fsp3) is 0. The lowest BCUT2D eigenvalue weighted by Crippen LogP contribution is -2.03. The highest BCUT2D eigenvalue weighted by atomic mass is 15.1. The van der Waals surface area contributed by atoms with Crippen molar-refractivity contribution in [2.24, 2.45) is 0 Å². The number of hydrogen-bond acceptors (Lipinski definition) is 2. The maximum Gasteiger partial charge on any atom is 0.162 e. The standard InChI is InChI=1S/C46H29N3/c1-3-16-31(17-4-1)43-36-23-9-10-24-37(36)45(44-33-20-8-7-15-30(33)27-28-38(43)44)39-29-42(48-46(47-39)32-18-5-2-6-19-32)49-40-25-13-11-21-34(40)35-22-12-14-26-41(35)49/h1-29H. The summed E-state index contributed by atoms with van der Waals surface area (Å²) < 4.78 is 2.29. The summed E-state index contributed by atoms with van der Waals surface area (Å²) in [6.45, 7) is 0. The fourth-order valence-corrected chi connectivity index (χ4v) is 7.69. The summed E-state index contributed by atoms with van der Waals surface area (Å²) in [6, 6.07) is 62.5. The topological polar surface area (TPSA) is 30.7 Å². The smallest absolute Gasteiger partial charge is 0.162 e. The highest BCUT2D eigenvalue weighted by Crippen LogP contribution is 2.46. The Balaban J connectivity index is 1.40. The monoisotopic (exact) mass is 623 g/mol. The second-order valence-electron chi connectivity index (χ2n) is 12.5. The number of hydrogen-bond donors (Lipinski definition) is 0. The van der Waals surface area contributed by atoms with Crippen LogP contribution >= 0.6 is 0 Å². The van der Waals surface area contributed by atoms with Crippen LogP contribution in [0, 0.1) is 0 Å². The van der Waals surface area contributed by atoms with Crippen molar-refractivity contribution in [1.82, 2.24) is 14.5 Å². The Labute approximate surface area is 283 Å². The molecule has 0 aliphatic rings. The first-order valence-electron chi connectivity index (χ1n) is 16.7. The van der Waals surface area contributed by atoms with Gasteiger partial charge in [-0.15, -0.1) is 0 Å². The van der Waals surface area contributed by atoms with Gasteiger partial charge in [-0.2, -0.15) is 0 Å². The molecule has 0 bridgehead atoms. The quantitative estimate of drug-likeness (QED) is 0.144. The van der Waals surface area contributed by atoms with Gasteiger partial charge in [0.2, 0.25) is 0 Å². The minimum atomic E-state index is 0.694. The van der Waals surface area contributed by atoms with Gasteiger partial charge in [-0.3, -0.25) is 4.57 Å². The summed E-state index contributed by atoms with van der Waals surface area (Å²) in [5.41, 5.74) is 7.65. The highest BCUT2D eigenvalue weighted by Gasteiger charge is 2.22. The highest BCUT2D eigenvalue weighted by molar-refractivity contribution is 6.27. The third kappa shape index (κ3) is 4.29. The SMILES string of the molecule is c1ccc(-c2nc(-c3c4ccccc4c(-c4ccccc4)c4ccc5ccccc5c34)cc(-n3c4ccccc4c4ccccc43)n2)cc1. The third-order valence-electron chi connectivity index (χ3n) is 9.79. The van der Waals surface area contributed by atoms with Crippen molar-refractivity contribution in [2.45, 2.75) is 0 Å². The van der Waals surface area contributed by atoms with Crippen molar-refractivity contribution in [2.75, 3.05) is 0 Å². The molecule has 0 fully saturated rings. The second-order valence-corrected chi connectivity index (χ2v) is 12.5. The predicted molar refractivity (Wildman–Crippen MR) is 205 cm³/mol. The summed E-state index contributed by atoms with van der Waals surface area (Å²) in [4.78, 5) is 10.7. The Kier molecular flexibility index (Phi) is 6.18. The van der Waals surface area contributed by atoms with Crippen molar-refractivity contribution in [3.63, 3.8) is 0 Å². The van der Waals surface area contributed by atoms with E-state index in [4.69, 9.17) is 9.97 Å². The molecule has 10 rings (SSSR count). The number of para-hydroxylation sites is 2. The van der Waals surface area contributed by atoms with Crippen LogP contribution in [0.25, 0.3) is 93.7 Å². The molecule has 49 heavy (non-hydrogen) atoms. The van der Waals surface area contributed by atoms with Crippen LogP contribution in [0.5, 0.6) is 0 Å². The molecular formula is C46H29N3. The molecule has 2 heterocycles. The molecule has 0 spiro atoms. The van der Waals surface area contributed by atoms with Crippen LogP contribution in [0.1, 0.15) is 0 Å². The van der Waals surface area contributed by atoms with Crippen LogP contribution in [0.15, 0.2) is 176 Å². The van der Waals surface area contributed by atoms with Gasteiger partial charge in [-0.05, 0) is 50.2 Å². The third-order valence-corrected chi connectivity index (χ3v) is 9.79. The van der Waals surface area contributed by atoms with Gasteiger partial charge in [-0.25, -0.2) is 9.97 Å². The molecule has 2 aromatic heterocycles. The zero-order chi connectivity index (χ0) is 32.3. The molecule has 8 aromatic carbocycles. The summed E-state index contributed by atoms with van der Waals surface area (Å²) in [6.07, 6.45) is 0. The van der Waals surface area contributed by atoms with Gasteiger partial charge in [0.15, 0.2) is 5.82 Å². The van der Waals surface area contributed by atoms with E-state index < -0.39 is 0 Å². The average molecular weight is 624 g/mol. The first kappa shape index (κ1) is 27.5. The van der Waals surface area contributed by atoms with Crippen molar-refractivity contribution in [1.29, 1.82) is 0 Å². The summed E-state index contributed by atoms with van der Waals surface area (Å²) in [7, 11) is 0. The molecule has 0 saturated carbocycles. The Morgan fingerprint density at radius 3 is 1.57 bits per heavy atom. The summed E-state index contributed by atoms with van der Waals surface area (Å²) in [5.74, 6) is 1.53. The molecule has 0 saturated heterocycles. The molecule has 0 amide bonds. The van der Waals surface area contributed by atoms with E-state index in [1.807, 2.05) is 6.07 Å². The molecular weight excluding hydrogens is 595 g/mol. The van der Waals surface area contributed by atoms with Gasteiger partial charge in [0.05, 0.1) is 16.7 Å². The minimum Gasteiger partial charge on any atom is -0.294 e. The number of aromatic nitrogens is 3. The Hall–Kier alpha value is -6.58. The molecule has 3 nitrogen and oxygen atoms in total. The summed E-state index contributed by atoms with van der Waals surface area (Å²) in [5, 5.41) is 9.57. The maximum atomic E-state index is 5.43. The number of fused-ring (bicyclic) bond motifs is 7. The predicted octanol–water partition coefficient (Wildman–Crippen LogP) is 12.0. The van der Waals surface area contributed by atoms with Crippen LogP contribution in [0.2, 0.25) is 0 Å². The molecule has 0 aliphatic heterocycles. The fourth-order valence-electron chi connectivity index (χ4n) is 7.69. The van der Waals surface area contributed by atoms with E-state index in [1.54, 1.807) is 0 Å². The Bertz CT molecular complexity index is 2820. The molecule has 3 heteroatoms. The molecule has 0 N–H and O–H groups in total. The van der Waals surface area contributed by atoms with Gasteiger partial charge in [0.1, 0.15) is 5.82 Å². The van der Waals surface area contributed by atoms with Crippen LogP contribution < -0.4 is 0 Å². The van der Waals surface area contributed by atoms with Gasteiger partial charge >= 0.3 is 0 Å². The lowest BCUT2D eigenvalue weighted by atomic mass is 9.85. The van der Waals surface area contributed by atoms with E-state index in [2.05, 4.69) is 174 Å². The molecule has 228 valence electrons. The molecule has 0 unspecified atom stereocenters. The van der Waals surface area contributed by atoms with Crippen LogP contribution in [-0.4, -0.2) is 14.5 Å².